The van der Waals surface area contributed by atoms with E-state index in [1.54, 1.807) is 4.68 Å². The Morgan fingerprint density at radius 1 is 1.62 bits per heavy atom. The lowest BCUT2D eigenvalue weighted by atomic mass is 10.6. The van der Waals surface area contributed by atoms with Crippen LogP contribution in [-0.4, -0.2) is 15.0 Å². The Morgan fingerprint density at radius 3 is 2.38 bits per heavy atom. The largest absolute Gasteiger partial charge is 0.255 e. The van der Waals surface area contributed by atoms with Gasteiger partial charge in [-0.3, -0.25) is 4.68 Å². The molecule has 3 heteroatoms. The molecule has 3 nitrogen and oxygen atoms in total. The molecule has 1 rings (SSSR count). The highest BCUT2D eigenvalue weighted by Crippen LogP contribution is 1.82. The predicted octanol–water partition coefficient (Wildman–Crippen LogP) is 0.760. The topological polar surface area (TPSA) is 30.7 Å². The van der Waals surface area contributed by atoms with Gasteiger partial charge in [0.15, 0.2) is 0 Å². The SMILES string of the molecule is C.Cc1cn(C)nn1. The molecule has 0 saturated heterocycles. The second-order valence-electron chi connectivity index (χ2n) is 1.53. The zero-order valence-electron chi connectivity index (χ0n) is 4.42. The standard InChI is InChI=1S/C4H7N3.CH4/c1-4-3-7(2)6-5-4;/h3H,1-2H3;1H4. The number of aryl methyl sites for hydroxylation is 2. The quantitative estimate of drug-likeness (QED) is 0.497. The fourth-order valence-electron chi connectivity index (χ4n) is 0.463. The van der Waals surface area contributed by atoms with Crippen molar-refractivity contribution in [3.05, 3.63) is 11.9 Å². The summed E-state index contributed by atoms with van der Waals surface area (Å²) in [5.74, 6) is 0. The summed E-state index contributed by atoms with van der Waals surface area (Å²) in [5, 5.41) is 7.41. The third-order valence-electron chi connectivity index (χ3n) is 0.717. The molecule has 0 amide bonds. The normalized spacial score (nSPS) is 8.25. The van der Waals surface area contributed by atoms with Gasteiger partial charge in [-0.1, -0.05) is 12.6 Å². The van der Waals surface area contributed by atoms with Crippen LogP contribution in [0.1, 0.15) is 13.1 Å². The highest BCUT2D eigenvalue weighted by Gasteiger charge is 1.83. The van der Waals surface area contributed by atoms with E-state index < -0.39 is 0 Å². The van der Waals surface area contributed by atoms with E-state index in [-0.39, 0.29) is 7.43 Å². The molecule has 0 atom stereocenters. The van der Waals surface area contributed by atoms with Crippen LogP contribution in [0.4, 0.5) is 0 Å². The summed E-state index contributed by atoms with van der Waals surface area (Å²) < 4.78 is 1.68. The summed E-state index contributed by atoms with van der Waals surface area (Å²) in [6.07, 6.45) is 1.86. The van der Waals surface area contributed by atoms with Gasteiger partial charge < -0.3 is 0 Å². The monoisotopic (exact) mass is 113 g/mol. The van der Waals surface area contributed by atoms with Gasteiger partial charge in [0, 0.05) is 13.2 Å². The van der Waals surface area contributed by atoms with Crippen LogP contribution >= 0.6 is 0 Å². The van der Waals surface area contributed by atoms with E-state index in [2.05, 4.69) is 10.3 Å². The summed E-state index contributed by atoms with van der Waals surface area (Å²) in [7, 11) is 1.85. The smallest absolute Gasteiger partial charge is 0.0796 e. The van der Waals surface area contributed by atoms with Gasteiger partial charge in [0.05, 0.1) is 5.69 Å². The van der Waals surface area contributed by atoms with Crippen molar-refractivity contribution in [1.82, 2.24) is 15.0 Å². The van der Waals surface area contributed by atoms with Gasteiger partial charge in [-0.2, -0.15) is 0 Å². The molecule has 46 valence electrons. The maximum absolute atomic E-state index is 3.73. The molecule has 0 aliphatic carbocycles. The van der Waals surface area contributed by atoms with Gasteiger partial charge >= 0.3 is 0 Å². The lowest BCUT2D eigenvalue weighted by Crippen LogP contribution is -1.85. The Kier molecular flexibility index (Phi) is 2.19. The zero-order valence-corrected chi connectivity index (χ0v) is 4.42. The molecule has 0 saturated carbocycles. The van der Waals surface area contributed by atoms with Crippen molar-refractivity contribution < 1.29 is 0 Å². The summed E-state index contributed by atoms with van der Waals surface area (Å²) in [6, 6.07) is 0. The molecule has 0 N–H and O–H groups in total. The first-order valence-electron chi connectivity index (χ1n) is 2.12. The Morgan fingerprint density at radius 2 is 2.25 bits per heavy atom. The van der Waals surface area contributed by atoms with Crippen LogP contribution in [0.2, 0.25) is 0 Å². The molecular formula is C5H11N3. The van der Waals surface area contributed by atoms with Crippen LogP contribution in [0.15, 0.2) is 6.20 Å². The van der Waals surface area contributed by atoms with Gasteiger partial charge in [-0.05, 0) is 6.92 Å². The number of aromatic nitrogens is 3. The highest BCUT2D eigenvalue weighted by atomic mass is 15.4. The molecule has 0 spiro atoms. The molecule has 0 bridgehead atoms. The lowest BCUT2D eigenvalue weighted by molar-refractivity contribution is 0.714. The number of hydrogen-bond acceptors (Lipinski definition) is 2. The fraction of sp³-hybridized carbons (Fsp3) is 0.600. The molecule has 0 aliphatic rings. The average molecular weight is 113 g/mol. The summed E-state index contributed by atoms with van der Waals surface area (Å²) >= 11 is 0. The van der Waals surface area contributed by atoms with Crippen molar-refractivity contribution in [2.24, 2.45) is 7.05 Å². The Balaban J connectivity index is 0.000000490. The van der Waals surface area contributed by atoms with E-state index in [1.807, 2.05) is 20.2 Å². The summed E-state index contributed by atoms with van der Waals surface area (Å²) in [6.45, 7) is 1.91. The first-order valence-corrected chi connectivity index (χ1v) is 2.12. The summed E-state index contributed by atoms with van der Waals surface area (Å²) in [5.41, 5.74) is 0.961. The first kappa shape index (κ1) is 7.14. The molecular weight excluding hydrogens is 102 g/mol. The van der Waals surface area contributed by atoms with E-state index in [0.29, 0.717) is 0 Å². The number of hydrogen-bond donors (Lipinski definition) is 0. The molecule has 0 aromatic carbocycles. The third-order valence-corrected chi connectivity index (χ3v) is 0.717. The zero-order chi connectivity index (χ0) is 5.28. The highest BCUT2D eigenvalue weighted by molar-refractivity contribution is 4.85. The van der Waals surface area contributed by atoms with E-state index in [0.717, 1.165) is 5.69 Å². The first-order chi connectivity index (χ1) is 3.29. The molecule has 0 unspecified atom stereocenters. The van der Waals surface area contributed by atoms with Gasteiger partial charge in [-0.15, -0.1) is 5.10 Å². The van der Waals surface area contributed by atoms with Gasteiger partial charge in [-0.25, -0.2) is 0 Å². The van der Waals surface area contributed by atoms with Gasteiger partial charge in [0.2, 0.25) is 0 Å². The van der Waals surface area contributed by atoms with Crippen molar-refractivity contribution in [1.29, 1.82) is 0 Å². The van der Waals surface area contributed by atoms with Crippen LogP contribution in [-0.2, 0) is 7.05 Å². The molecule has 8 heavy (non-hydrogen) atoms. The minimum Gasteiger partial charge on any atom is -0.255 e. The second-order valence-corrected chi connectivity index (χ2v) is 1.53. The maximum atomic E-state index is 3.73. The average Bonchev–Trinajstić information content (AvgIpc) is 1.87. The van der Waals surface area contributed by atoms with Crippen molar-refractivity contribution in [3.63, 3.8) is 0 Å². The van der Waals surface area contributed by atoms with Crippen LogP contribution in [0.5, 0.6) is 0 Å². The van der Waals surface area contributed by atoms with Gasteiger partial charge in [0.25, 0.3) is 0 Å². The summed E-state index contributed by atoms with van der Waals surface area (Å²) in [4.78, 5) is 0. The minimum atomic E-state index is 0. The van der Waals surface area contributed by atoms with Crippen LogP contribution < -0.4 is 0 Å². The Hall–Kier alpha value is -0.860. The number of nitrogens with zero attached hydrogens (tertiary/aromatic N) is 3. The van der Waals surface area contributed by atoms with E-state index in [9.17, 15) is 0 Å². The van der Waals surface area contributed by atoms with Crippen molar-refractivity contribution >= 4 is 0 Å². The molecule has 1 aromatic rings. The number of rotatable bonds is 0. The van der Waals surface area contributed by atoms with Crippen molar-refractivity contribution in [3.8, 4) is 0 Å². The van der Waals surface area contributed by atoms with E-state index in [4.69, 9.17) is 0 Å². The molecule has 0 aliphatic heterocycles. The van der Waals surface area contributed by atoms with Crippen molar-refractivity contribution in [2.75, 3.05) is 0 Å². The molecule has 1 heterocycles. The maximum Gasteiger partial charge on any atom is 0.0796 e. The van der Waals surface area contributed by atoms with E-state index in [1.165, 1.54) is 0 Å². The predicted molar refractivity (Wildman–Crippen MR) is 32.5 cm³/mol. The fourth-order valence-corrected chi connectivity index (χ4v) is 0.463. The minimum absolute atomic E-state index is 0. The Labute approximate surface area is 49.3 Å². The molecule has 0 fully saturated rings. The molecule has 0 radical (unpaired) electrons. The van der Waals surface area contributed by atoms with Crippen LogP contribution in [0.25, 0.3) is 0 Å². The lowest BCUT2D eigenvalue weighted by Gasteiger charge is -1.75. The van der Waals surface area contributed by atoms with Gasteiger partial charge in [0.1, 0.15) is 0 Å². The Bertz CT molecular complexity index is 140. The van der Waals surface area contributed by atoms with Crippen molar-refractivity contribution in [2.45, 2.75) is 14.4 Å². The van der Waals surface area contributed by atoms with Crippen LogP contribution in [0, 0.1) is 6.92 Å². The second kappa shape index (κ2) is 2.45. The molecule has 1 aromatic heterocycles. The van der Waals surface area contributed by atoms with E-state index >= 15 is 0 Å². The van der Waals surface area contributed by atoms with Crippen LogP contribution in [0.3, 0.4) is 0 Å². The third kappa shape index (κ3) is 1.33.